The van der Waals surface area contributed by atoms with Crippen LogP contribution in [0.15, 0.2) is 18.3 Å². The predicted octanol–water partition coefficient (Wildman–Crippen LogP) is 1.59. The molecule has 0 spiro atoms. The number of carbonyl (C=O) groups excluding carboxylic acids is 1. The molecule has 4 heteroatoms. The zero-order chi connectivity index (χ0) is 12.5. The maximum atomic E-state index is 11.3. The van der Waals surface area contributed by atoms with E-state index in [1.807, 2.05) is 6.92 Å². The second-order valence-electron chi connectivity index (χ2n) is 5.07. The molecule has 1 fully saturated rings. The molecule has 2 rings (SSSR count). The van der Waals surface area contributed by atoms with Crippen molar-refractivity contribution in [1.29, 1.82) is 0 Å². The Morgan fingerprint density at radius 3 is 2.76 bits per heavy atom. The highest BCUT2D eigenvalue weighted by Gasteiger charge is 2.31. The molecule has 0 aromatic carbocycles. The van der Waals surface area contributed by atoms with Crippen molar-refractivity contribution in [2.75, 3.05) is 0 Å². The predicted molar refractivity (Wildman–Crippen MR) is 64.6 cm³/mol. The van der Waals surface area contributed by atoms with Crippen molar-refractivity contribution >= 4 is 5.91 Å². The fourth-order valence-corrected chi connectivity index (χ4v) is 2.46. The molecule has 17 heavy (non-hydrogen) atoms. The number of pyridine rings is 1. The van der Waals surface area contributed by atoms with Crippen molar-refractivity contribution in [2.24, 2.45) is 5.73 Å². The number of rotatable bonds is 2. The minimum atomic E-state index is -0.571. The molecule has 1 aliphatic carbocycles. The van der Waals surface area contributed by atoms with E-state index in [-0.39, 0.29) is 5.92 Å². The molecule has 4 nitrogen and oxygen atoms in total. The number of carbonyl (C=O) groups is 1. The van der Waals surface area contributed by atoms with Gasteiger partial charge in [0.15, 0.2) is 0 Å². The molecule has 1 aromatic heterocycles. The second-order valence-corrected chi connectivity index (χ2v) is 5.07. The van der Waals surface area contributed by atoms with Crippen LogP contribution >= 0.6 is 0 Å². The third-order valence-electron chi connectivity index (χ3n) is 3.55. The molecular formula is C13H18N2O2. The lowest BCUT2D eigenvalue weighted by molar-refractivity contribution is 0.0168. The summed E-state index contributed by atoms with van der Waals surface area (Å²) in [6, 6.07) is 3.44. The van der Waals surface area contributed by atoms with Crippen LogP contribution in [-0.4, -0.2) is 21.6 Å². The van der Waals surface area contributed by atoms with E-state index in [1.165, 1.54) is 0 Å². The summed E-state index contributed by atoms with van der Waals surface area (Å²) in [5, 5.41) is 9.91. The summed E-state index contributed by atoms with van der Waals surface area (Å²) >= 11 is 0. The molecule has 92 valence electrons. The van der Waals surface area contributed by atoms with Crippen LogP contribution in [0.2, 0.25) is 0 Å². The van der Waals surface area contributed by atoms with E-state index in [4.69, 9.17) is 5.73 Å². The van der Waals surface area contributed by atoms with Gasteiger partial charge in [-0.25, -0.2) is 0 Å². The summed E-state index contributed by atoms with van der Waals surface area (Å²) in [5.41, 5.74) is 6.08. The van der Waals surface area contributed by atoms with Crippen LogP contribution in [-0.2, 0) is 0 Å². The van der Waals surface area contributed by atoms with Crippen LogP contribution in [0.25, 0.3) is 0 Å². The number of hydrogen-bond donors (Lipinski definition) is 2. The van der Waals surface area contributed by atoms with Crippen LogP contribution in [0.1, 0.15) is 54.6 Å². The number of amides is 1. The molecule has 1 aromatic rings. The molecule has 1 amide bonds. The Hall–Kier alpha value is -1.42. The van der Waals surface area contributed by atoms with E-state index in [0.29, 0.717) is 5.56 Å². The lowest BCUT2D eigenvalue weighted by atomic mass is 9.77. The van der Waals surface area contributed by atoms with Gasteiger partial charge in [0.1, 0.15) is 0 Å². The van der Waals surface area contributed by atoms with Crippen molar-refractivity contribution in [3.8, 4) is 0 Å². The highest BCUT2D eigenvalue weighted by atomic mass is 16.3. The average Bonchev–Trinajstić information content (AvgIpc) is 2.29. The Balaban J connectivity index is 2.21. The van der Waals surface area contributed by atoms with E-state index in [1.54, 1.807) is 18.3 Å². The normalized spacial score (nSPS) is 28.9. The molecule has 1 saturated carbocycles. The third kappa shape index (κ3) is 2.64. The molecule has 0 radical (unpaired) electrons. The van der Waals surface area contributed by atoms with Gasteiger partial charge in [0.05, 0.1) is 16.9 Å². The smallest absolute Gasteiger partial charge is 0.250 e. The first-order valence-corrected chi connectivity index (χ1v) is 5.97. The Morgan fingerprint density at radius 1 is 1.53 bits per heavy atom. The summed E-state index contributed by atoms with van der Waals surface area (Å²) in [4.78, 5) is 15.6. The van der Waals surface area contributed by atoms with Crippen LogP contribution in [0.4, 0.5) is 0 Å². The zero-order valence-electron chi connectivity index (χ0n) is 10.0. The summed E-state index contributed by atoms with van der Waals surface area (Å²) in [6.07, 6.45) is 4.88. The monoisotopic (exact) mass is 234 g/mol. The third-order valence-corrected chi connectivity index (χ3v) is 3.55. The lowest BCUT2D eigenvalue weighted by Gasteiger charge is -2.33. The van der Waals surface area contributed by atoms with Gasteiger partial charge in [0, 0.05) is 12.1 Å². The summed E-state index contributed by atoms with van der Waals surface area (Å²) < 4.78 is 0. The van der Waals surface area contributed by atoms with Crippen LogP contribution in [0.5, 0.6) is 0 Å². The summed E-state index contributed by atoms with van der Waals surface area (Å²) in [5.74, 6) is -0.190. The molecule has 1 heterocycles. The van der Waals surface area contributed by atoms with Crippen molar-refractivity contribution in [3.05, 3.63) is 29.6 Å². The Labute approximate surface area is 101 Å². The van der Waals surface area contributed by atoms with Gasteiger partial charge in [-0.2, -0.15) is 0 Å². The minimum Gasteiger partial charge on any atom is -0.390 e. The van der Waals surface area contributed by atoms with Gasteiger partial charge >= 0.3 is 0 Å². The number of aliphatic hydroxyl groups is 1. The number of primary amides is 1. The van der Waals surface area contributed by atoms with Crippen molar-refractivity contribution in [2.45, 2.75) is 44.1 Å². The van der Waals surface area contributed by atoms with Gasteiger partial charge in [-0.15, -0.1) is 0 Å². The Morgan fingerprint density at radius 2 is 2.18 bits per heavy atom. The van der Waals surface area contributed by atoms with E-state index < -0.39 is 11.5 Å². The number of nitrogens with zero attached hydrogens (tertiary/aromatic N) is 1. The van der Waals surface area contributed by atoms with E-state index in [0.717, 1.165) is 31.4 Å². The fourth-order valence-electron chi connectivity index (χ4n) is 2.46. The molecule has 0 atom stereocenters. The zero-order valence-corrected chi connectivity index (χ0v) is 10.0. The van der Waals surface area contributed by atoms with Crippen molar-refractivity contribution < 1.29 is 9.90 Å². The van der Waals surface area contributed by atoms with Crippen LogP contribution in [0, 0.1) is 0 Å². The quantitative estimate of drug-likeness (QED) is 0.815. The number of hydrogen-bond acceptors (Lipinski definition) is 3. The molecule has 3 N–H and O–H groups in total. The van der Waals surface area contributed by atoms with Gasteiger partial charge in [-0.3, -0.25) is 9.78 Å². The minimum absolute atomic E-state index is 0.235. The highest BCUT2D eigenvalue weighted by Crippen LogP contribution is 2.37. The van der Waals surface area contributed by atoms with Gasteiger partial charge < -0.3 is 10.8 Å². The van der Waals surface area contributed by atoms with Crippen LogP contribution < -0.4 is 5.73 Å². The molecule has 0 bridgehead atoms. The second kappa shape index (κ2) is 4.45. The lowest BCUT2D eigenvalue weighted by Crippen LogP contribution is -2.30. The maximum absolute atomic E-state index is 11.3. The molecule has 1 aliphatic rings. The maximum Gasteiger partial charge on any atom is 0.250 e. The first kappa shape index (κ1) is 12.0. The average molecular weight is 234 g/mol. The number of aromatic nitrogens is 1. The fraction of sp³-hybridized carbons (Fsp3) is 0.538. The molecule has 0 unspecified atom stereocenters. The van der Waals surface area contributed by atoms with Gasteiger partial charge in [-0.1, -0.05) is 0 Å². The SMILES string of the molecule is CC1(O)CCC(c2ncccc2C(N)=O)CC1. The summed E-state index contributed by atoms with van der Waals surface area (Å²) in [7, 11) is 0. The van der Waals surface area contributed by atoms with E-state index in [2.05, 4.69) is 4.98 Å². The largest absolute Gasteiger partial charge is 0.390 e. The van der Waals surface area contributed by atoms with Gasteiger partial charge in [0.2, 0.25) is 0 Å². The topological polar surface area (TPSA) is 76.2 Å². The Kier molecular flexibility index (Phi) is 3.15. The van der Waals surface area contributed by atoms with Crippen LogP contribution in [0.3, 0.4) is 0 Å². The first-order valence-electron chi connectivity index (χ1n) is 5.97. The first-order chi connectivity index (χ1) is 7.99. The number of nitrogens with two attached hydrogens (primary N) is 1. The van der Waals surface area contributed by atoms with Crippen molar-refractivity contribution in [3.63, 3.8) is 0 Å². The molecule has 0 aliphatic heterocycles. The molecular weight excluding hydrogens is 216 g/mol. The highest BCUT2D eigenvalue weighted by molar-refractivity contribution is 5.94. The van der Waals surface area contributed by atoms with Gasteiger partial charge in [0.25, 0.3) is 5.91 Å². The van der Waals surface area contributed by atoms with E-state index in [9.17, 15) is 9.90 Å². The van der Waals surface area contributed by atoms with E-state index >= 15 is 0 Å². The standard InChI is InChI=1S/C13H18N2O2/c1-13(17)6-4-9(5-7-13)11-10(12(14)16)3-2-8-15-11/h2-3,8-9,17H,4-7H2,1H3,(H2,14,16). The van der Waals surface area contributed by atoms with Crippen molar-refractivity contribution in [1.82, 2.24) is 4.98 Å². The van der Waals surface area contributed by atoms with Gasteiger partial charge in [-0.05, 0) is 44.7 Å². The summed E-state index contributed by atoms with van der Waals surface area (Å²) in [6.45, 7) is 1.86. The Bertz CT molecular complexity index is 419. The molecule has 0 saturated heterocycles.